The first kappa shape index (κ1) is 24.1. The molecule has 0 aliphatic carbocycles. The third-order valence-electron chi connectivity index (χ3n) is 4.89. The first-order valence-corrected chi connectivity index (χ1v) is 11.8. The highest BCUT2D eigenvalue weighted by Gasteiger charge is 2.07. The van der Waals surface area contributed by atoms with Crippen molar-refractivity contribution in [3.05, 3.63) is 110 Å². The molecule has 0 unspecified atom stereocenters. The Bertz CT molecular complexity index is 1180. The quantitative estimate of drug-likeness (QED) is 0.314. The van der Waals surface area contributed by atoms with Crippen LogP contribution >= 0.6 is 31.9 Å². The number of carbonyl (C=O) groups excluding carboxylic acids is 1. The van der Waals surface area contributed by atoms with Crippen LogP contribution in [0.25, 0.3) is 10.8 Å². The Morgan fingerprint density at radius 1 is 0.938 bits per heavy atom. The lowest BCUT2D eigenvalue weighted by Crippen LogP contribution is -2.24. The second-order valence-electron chi connectivity index (χ2n) is 7.37. The Labute approximate surface area is 205 Å². The Morgan fingerprint density at radius 2 is 1.56 bits per heavy atom. The second kappa shape index (κ2) is 11.9. The summed E-state index contributed by atoms with van der Waals surface area (Å²) in [6, 6.07) is 24.0. The maximum absolute atomic E-state index is 12.2. The van der Waals surface area contributed by atoms with E-state index in [9.17, 15) is 4.79 Å². The summed E-state index contributed by atoms with van der Waals surface area (Å²) < 4.78 is 2.13. The summed E-state index contributed by atoms with van der Waals surface area (Å²) in [7, 11) is 0. The van der Waals surface area contributed by atoms with Crippen LogP contribution in [0.3, 0.4) is 0 Å². The number of aryl methyl sites for hydroxylation is 1. The fraction of sp³-hybridized carbons (Fsp3) is 0.154. The maximum atomic E-state index is 12.2. The van der Waals surface area contributed by atoms with Crippen LogP contribution in [0.15, 0.2) is 87.9 Å². The molecule has 1 heterocycles. The summed E-state index contributed by atoms with van der Waals surface area (Å²) in [6.07, 6.45) is 2.23. The molecule has 0 saturated carbocycles. The molecule has 164 valence electrons. The number of nitrogens with zero attached hydrogens (tertiary/aromatic N) is 1. The van der Waals surface area contributed by atoms with Crippen molar-refractivity contribution in [1.82, 2.24) is 10.3 Å². The monoisotopic (exact) mass is 553 g/mol. The molecule has 3 N–H and O–H groups in total. The van der Waals surface area contributed by atoms with Gasteiger partial charge < -0.3 is 11.1 Å². The number of carbonyl (C=O) groups is 1. The van der Waals surface area contributed by atoms with Gasteiger partial charge in [0.1, 0.15) is 0 Å². The zero-order valence-corrected chi connectivity index (χ0v) is 21.0. The van der Waals surface area contributed by atoms with E-state index in [2.05, 4.69) is 42.2 Å². The van der Waals surface area contributed by atoms with Gasteiger partial charge in [-0.25, -0.2) is 0 Å². The molecule has 0 bridgehead atoms. The maximum Gasteiger partial charge on any atom is 0.224 e. The van der Waals surface area contributed by atoms with E-state index in [0.29, 0.717) is 19.5 Å². The molecule has 3 aromatic carbocycles. The van der Waals surface area contributed by atoms with Gasteiger partial charge in [-0.3, -0.25) is 9.78 Å². The highest BCUT2D eigenvalue weighted by Crippen LogP contribution is 2.19. The van der Waals surface area contributed by atoms with Crippen molar-refractivity contribution in [1.29, 1.82) is 0 Å². The number of nitrogens with two attached hydrogens (primary N) is 1. The second-order valence-corrected chi connectivity index (χ2v) is 9.21. The fourth-order valence-electron chi connectivity index (χ4n) is 3.15. The molecule has 0 atom stereocenters. The van der Waals surface area contributed by atoms with Gasteiger partial charge >= 0.3 is 0 Å². The van der Waals surface area contributed by atoms with Crippen molar-refractivity contribution < 1.29 is 4.79 Å². The van der Waals surface area contributed by atoms with Crippen molar-refractivity contribution in [3.8, 4) is 0 Å². The number of pyridine rings is 1. The lowest BCUT2D eigenvalue weighted by molar-refractivity contribution is -0.120. The Balaban J connectivity index is 0.000000269. The van der Waals surface area contributed by atoms with Crippen LogP contribution in [0.1, 0.15) is 22.4 Å². The average Bonchev–Trinajstić information content (AvgIpc) is 2.80. The minimum Gasteiger partial charge on any atom is -0.352 e. The molecular formula is C26H25Br2N3O. The van der Waals surface area contributed by atoms with E-state index < -0.39 is 0 Å². The Kier molecular flexibility index (Phi) is 8.97. The smallest absolute Gasteiger partial charge is 0.224 e. The van der Waals surface area contributed by atoms with Gasteiger partial charge in [-0.05, 0) is 59.3 Å². The van der Waals surface area contributed by atoms with E-state index in [1.54, 1.807) is 0 Å². The van der Waals surface area contributed by atoms with Gasteiger partial charge in [0.2, 0.25) is 5.91 Å². The molecule has 1 aromatic heterocycles. The number of hydrogen-bond acceptors (Lipinski definition) is 3. The molecule has 0 aliphatic rings. The van der Waals surface area contributed by atoms with Crippen LogP contribution in [0.5, 0.6) is 0 Å². The van der Waals surface area contributed by atoms with Crippen molar-refractivity contribution in [2.45, 2.75) is 26.4 Å². The van der Waals surface area contributed by atoms with Crippen LogP contribution in [0.4, 0.5) is 0 Å². The van der Waals surface area contributed by atoms with Crippen LogP contribution in [-0.2, 0) is 24.3 Å². The third-order valence-corrected chi connectivity index (χ3v) is 5.95. The van der Waals surface area contributed by atoms with Gasteiger partial charge in [0.05, 0.1) is 6.42 Å². The fourth-order valence-corrected chi connectivity index (χ4v) is 3.68. The Hall–Kier alpha value is -2.54. The summed E-state index contributed by atoms with van der Waals surface area (Å²) in [4.78, 5) is 16.6. The van der Waals surface area contributed by atoms with Crippen LogP contribution in [0, 0.1) is 6.92 Å². The third kappa shape index (κ3) is 7.26. The van der Waals surface area contributed by atoms with Crippen LogP contribution in [-0.4, -0.2) is 10.9 Å². The van der Waals surface area contributed by atoms with Crippen molar-refractivity contribution in [2.24, 2.45) is 5.73 Å². The summed E-state index contributed by atoms with van der Waals surface area (Å²) in [5.41, 5.74) is 9.62. The number of halogens is 2. The van der Waals surface area contributed by atoms with E-state index in [-0.39, 0.29) is 5.91 Å². The summed E-state index contributed by atoms with van der Waals surface area (Å²) in [6.45, 7) is 3.12. The molecule has 0 spiro atoms. The van der Waals surface area contributed by atoms with Gasteiger partial charge in [0.15, 0.2) is 0 Å². The topological polar surface area (TPSA) is 68.0 Å². The first-order valence-electron chi connectivity index (χ1n) is 10.2. The van der Waals surface area contributed by atoms with E-state index in [1.165, 1.54) is 5.56 Å². The molecule has 4 aromatic rings. The zero-order chi connectivity index (χ0) is 22.9. The number of aromatic nitrogens is 1. The van der Waals surface area contributed by atoms with E-state index >= 15 is 0 Å². The molecule has 0 fully saturated rings. The molecule has 0 aliphatic heterocycles. The predicted molar refractivity (Wildman–Crippen MR) is 138 cm³/mol. The molecule has 0 saturated heterocycles. The Morgan fingerprint density at radius 3 is 2.19 bits per heavy atom. The van der Waals surface area contributed by atoms with Gasteiger partial charge in [0.25, 0.3) is 0 Å². The van der Waals surface area contributed by atoms with E-state index in [1.807, 2.05) is 85.9 Å². The molecule has 1 amide bonds. The predicted octanol–water partition coefficient (Wildman–Crippen LogP) is 6.07. The standard InChI is InChI=1S/C19H17BrN2O.C7H8BrN/c1-13-9-18-15(3-2-4-16(18)12-21-13)10-19(23)22-11-14-5-7-17(20)8-6-14;8-7-3-1-6(5-9)2-4-7/h2-9,12H,10-11H2,1H3,(H,22,23);1-4H,5,9H2. The number of nitrogens with one attached hydrogen (secondary N) is 1. The van der Waals surface area contributed by atoms with Crippen LogP contribution < -0.4 is 11.1 Å². The van der Waals surface area contributed by atoms with Crippen molar-refractivity contribution in [2.75, 3.05) is 0 Å². The number of benzene rings is 3. The van der Waals surface area contributed by atoms with Gasteiger partial charge in [0, 0.05) is 39.3 Å². The molecule has 32 heavy (non-hydrogen) atoms. The molecular weight excluding hydrogens is 530 g/mol. The lowest BCUT2D eigenvalue weighted by Gasteiger charge is -2.08. The zero-order valence-electron chi connectivity index (χ0n) is 17.8. The summed E-state index contributed by atoms with van der Waals surface area (Å²) >= 11 is 6.74. The minimum absolute atomic E-state index is 0.0230. The van der Waals surface area contributed by atoms with Gasteiger partial charge in [-0.2, -0.15) is 0 Å². The summed E-state index contributed by atoms with van der Waals surface area (Å²) in [5, 5.41) is 5.14. The van der Waals surface area contributed by atoms with Gasteiger partial charge in [-0.1, -0.05) is 74.3 Å². The van der Waals surface area contributed by atoms with Crippen molar-refractivity contribution in [3.63, 3.8) is 0 Å². The number of fused-ring (bicyclic) bond motifs is 1. The summed E-state index contributed by atoms with van der Waals surface area (Å²) in [5.74, 6) is 0.0230. The largest absolute Gasteiger partial charge is 0.352 e. The molecule has 4 rings (SSSR count). The van der Waals surface area contributed by atoms with E-state index in [0.717, 1.165) is 36.5 Å². The highest BCUT2D eigenvalue weighted by atomic mass is 79.9. The first-order chi connectivity index (χ1) is 15.4. The van der Waals surface area contributed by atoms with Crippen molar-refractivity contribution >= 4 is 48.5 Å². The SMILES string of the molecule is Cc1cc2c(CC(=O)NCc3ccc(Br)cc3)cccc2cn1.NCc1ccc(Br)cc1. The minimum atomic E-state index is 0.0230. The normalized spacial score (nSPS) is 10.4. The lowest BCUT2D eigenvalue weighted by atomic mass is 10.0. The molecule has 0 radical (unpaired) electrons. The average molecular weight is 555 g/mol. The molecule has 4 nitrogen and oxygen atoms in total. The van der Waals surface area contributed by atoms with E-state index in [4.69, 9.17) is 5.73 Å². The number of rotatable bonds is 5. The number of amides is 1. The van der Waals surface area contributed by atoms with Crippen LogP contribution in [0.2, 0.25) is 0 Å². The highest BCUT2D eigenvalue weighted by molar-refractivity contribution is 9.10. The molecule has 6 heteroatoms. The number of hydrogen-bond donors (Lipinski definition) is 2. The van der Waals surface area contributed by atoms with Gasteiger partial charge in [-0.15, -0.1) is 0 Å².